The fraction of sp³-hybridized carbons (Fsp3) is 0.500. The van der Waals surface area contributed by atoms with E-state index in [0.717, 1.165) is 19.3 Å². The highest BCUT2D eigenvalue weighted by molar-refractivity contribution is 5.89. The molecule has 1 unspecified atom stereocenters. The first-order valence-corrected chi connectivity index (χ1v) is 7.41. The van der Waals surface area contributed by atoms with Gasteiger partial charge in [-0.25, -0.2) is 9.18 Å². The van der Waals surface area contributed by atoms with Crippen molar-refractivity contribution >= 4 is 11.9 Å². The molecule has 1 amide bonds. The SMILES string of the molecule is CC(Oc1ccc(F)cc1)C(=O)NC1(C(=O)O)CCCCC1. The van der Waals surface area contributed by atoms with Gasteiger partial charge in [0.1, 0.15) is 17.1 Å². The Morgan fingerprint density at radius 1 is 1.23 bits per heavy atom. The van der Waals surface area contributed by atoms with Crippen LogP contribution >= 0.6 is 0 Å². The van der Waals surface area contributed by atoms with Gasteiger partial charge in [-0.05, 0) is 44.0 Å². The lowest BCUT2D eigenvalue weighted by molar-refractivity contribution is -0.150. The average molecular weight is 309 g/mol. The van der Waals surface area contributed by atoms with E-state index in [1.165, 1.54) is 31.2 Å². The van der Waals surface area contributed by atoms with E-state index in [2.05, 4.69) is 5.32 Å². The molecular formula is C16H20FNO4. The Kier molecular flexibility index (Phi) is 5.00. The minimum atomic E-state index is -1.20. The van der Waals surface area contributed by atoms with Gasteiger partial charge in [-0.15, -0.1) is 0 Å². The molecule has 1 saturated carbocycles. The Morgan fingerprint density at radius 3 is 2.36 bits per heavy atom. The van der Waals surface area contributed by atoms with Crippen LogP contribution in [-0.2, 0) is 9.59 Å². The first-order chi connectivity index (χ1) is 10.4. The lowest BCUT2D eigenvalue weighted by atomic mass is 9.81. The summed E-state index contributed by atoms with van der Waals surface area (Å²) < 4.78 is 18.3. The number of nitrogens with one attached hydrogen (secondary N) is 1. The predicted molar refractivity (Wildman–Crippen MR) is 78.1 cm³/mol. The van der Waals surface area contributed by atoms with Crippen LogP contribution in [0.25, 0.3) is 0 Å². The molecule has 1 aromatic carbocycles. The smallest absolute Gasteiger partial charge is 0.329 e. The molecule has 1 aliphatic rings. The number of carboxylic acid groups (broad SMARTS) is 1. The number of benzene rings is 1. The maximum absolute atomic E-state index is 12.8. The van der Waals surface area contributed by atoms with Crippen LogP contribution in [0.3, 0.4) is 0 Å². The summed E-state index contributed by atoms with van der Waals surface area (Å²) in [5.74, 6) is -1.52. The molecule has 120 valence electrons. The summed E-state index contributed by atoms with van der Waals surface area (Å²) in [6, 6.07) is 5.32. The predicted octanol–water partition coefficient (Wildman–Crippen LogP) is 2.50. The topological polar surface area (TPSA) is 75.6 Å². The van der Waals surface area contributed by atoms with E-state index < -0.39 is 29.3 Å². The fourth-order valence-corrected chi connectivity index (χ4v) is 2.66. The minimum Gasteiger partial charge on any atom is -0.481 e. The van der Waals surface area contributed by atoms with Gasteiger partial charge < -0.3 is 15.2 Å². The molecule has 0 bridgehead atoms. The Bertz CT molecular complexity index is 538. The van der Waals surface area contributed by atoms with Crippen molar-refractivity contribution in [2.75, 3.05) is 0 Å². The van der Waals surface area contributed by atoms with Crippen molar-refractivity contribution in [3.8, 4) is 5.75 Å². The average Bonchev–Trinajstić information content (AvgIpc) is 2.50. The molecule has 1 aliphatic carbocycles. The Balaban J connectivity index is 2.00. The molecule has 22 heavy (non-hydrogen) atoms. The molecule has 0 spiro atoms. The van der Waals surface area contributed by atoms with Crippen LogP contribution in [0.1, 0.15) is 39.0 Å². The van der Waals surface area contributed by atoms with E-state index in [-0.39, 0.29) is 0 Å². The van der Waals surface area contributed by atoms with Crippen LogP contribution in [0.15, 0.2) is 24.3 Å². The van der Waals surface area contributed by atoms with Crippen molar-refractivity contribution in [3.63, 3.8) is 0 Å². The van der Waals surface area contributed by atoms with Gasteiger partial charge in [-0.2, -0.15) is 0 Å². The summed E-state index contributed by atoms with van der Waals surface area (Å²) in [5.41, 5.74) is -1.20. The number of hydrogen-bond donors (Lipinski definition) is 2. The highest BCUT2D eigenvalue weighted by Crippen LogP contribution is 2.28. The zero-order valence-corrected chi connectivity index (χ0v) is 12.5. The fourth-order valence-electron chi connectivity index (χ4n) is 2.66. The third-order valence-corrected chi connectivity index (χ3v) is 3.97. The molecular weight excluding hydrogens is 289 g/mol. The third kappa shape index (κ3) is 3.75. The maximum atomic E-state index is 12.8. The van der Waals surface area contributed by atoms with Gasteiger partial charge in [0.25, 0.3) is 5.91 Å². The first kappa shape index (κ1) is 16.3. The second-order valence-electron chi connectivity index (χ2n) is 5.65. The molecule has 1 aromatic rings. The van der Waals surface area contributed by atoms with Crippen LogP contribution in [0.2, 0.25) is 0 Å². The van der Waals surface area contributed by atoms with Gasteiger partial charge in [-0.1, -0.05) is 19.3 Å². The van der Waals surface area contributed by atoms with Crippen LogP contribution in [-0.4, -0.2) is 28.6 Å². The number of hydrogen-bond acceptors (Lipinski definition) is 3. The zero-order chi connectivity index (χ0) is 16.2. The zero-order valence-electron chi connectivity index (χ0n) is 12.5. The van der Waals surface area contributed by atoms with Gasteiger partial charge in [0.2, 0.25) is 0 Å². The standard InChI is InChI=1S/C16H20FNO4/c1-11(22-13-7-5-12(17)6-8-13)14(19)18-16(15(20)21)9-3-2-4-10-16/h5-8,11H,2-4,9-10H2,1H3,(H,18,19)(H,20,21). The third-order valence-electron chi connectivity index (χ3n) is 3.97. The summed E-state index contributed by atoms with van der Waals surface area (Å²) in [6.45, 7) is 1.54. The van der Waals surface area contributed by atoms with Crippen molar-refractivity contribution in [1.29, 1.82) is 0 Å². The summed E-state index contributed by atoms with van der Waals surface area (Å²) in [4.78, 5) is 23.8. The van der Waals surface area contributed by atoms with Crippen molar-refractivity contribution in [1.82, 2.24) is 5.32 Å². The quantitative estimate of drug-likeness (QED) is 0.876. The number of carbonyl (C=O) groups excluding carboxylic acids is 1. The Hall–Kier alpha value is -2.11. The van der Waals surface area contributed by atoms with E-state index in [4.69, 9.17) is 4.74 Å². The molecule has 2 rings (SSSR count). The summed E-state index contributed by atoms with van der Waals surface area (Å²) >= 11 is 0. The highest BCUT2D eigenvalue weighted by Gasteiger charge is 2.41. The van der Waals surface area contributed by atoms with E-state index in [1.807, 2.05) is 0 Å². The van der Waals surface area contributed by atoms with E-state index >= 15 is 0 Å². The number of amides is 1. The number of halogens is 1. The first-order valence-electron chi connectivity index (χ1n) is 7.41. The number of carbonyl (C=O) groups is 2. The second-order valence-corrected chi connectivity index (χ2v) is 5.65. The number of ether oxygens (including phenoxy) is 1. The van der Waals surface area contributed by atoms with Gasteiger partial charge in [0.05, 0.1) is 0 Å². The van der Waals surface area contributed by atoms with E-state index in [0.29, 0.717) is 18.6 Å². The minimum absolute atomic E-state index is 0.358. The molecule has 0 aromatic heterocycles. The van der Waals surface area contributed by atoms with Crippen molar-refractivity contribution < 1.29 is 23.8 Å². The molecule has 0 radical (unpaired) electrons. The largest absolute Gasteiger partial charge is 0.481 e. The second kappa shape index (κ2) is 6.77. The molecule has 0 heterocycles. The Morgan fingerprint density at radius 2 is 1.82 bits per heavy atom. The molecule has 1 fully saturated rings. The van der Waals surface area contributed by atoms with Crippen LogP contribution in [0.4, 0.5) is 4.39 Å². The summed E-state index contributed by atoms with van der Waals surface area (Å²) in [6.07, 6.45) is 2.53. The molecule has 2 N–H and O–H groups in total. The highest BCUT2D eigenvalue weighted by atomic mass is 19.1. The van der Waals surface area contributed by atoms with Gasteiger partial charge in [0.15, 0.2) is 6.10 Å². The Labute approximate surface area is 128 Å². The number of aliphatic carboxylic acids is 1. The molecule has 0 aliphatic heterocycles. The van der Waals surface area contributed by atoms with E-state index in [9.17, 15) is 19.1 Å². The summed E-state index contributed by atoms with van der Waals surface area (Å²) in [7, 11) is 0. The maximum Gasteiger partial charge on any atom is 0.329 e. The van der Waals surface area contributed by atoms with Crippen LogP contribution < -0.4 is 10.1 Å². The molecule has 6 heteroatoms. The lowest BCUT2D eigenvalue weighted by Gasteiger charge is -2.34. The molecule has 5 nitrogen and oxygen atoms in total. The van der Waals surface area contributed by atoms with E-state index in [1.54, 1.807) is 0 Å². The summed E-state index contributed by atoms with van der Waals surface area (Å²) in [5, 5.41) is 12.1. The number of carboxylic acids is 1. The van der Waals surface area contributed by atoms with Crippen LogP contribution in [0, 0.1) is 5.82 Å². The van der Waals surface area contributed by atoms with Gasteiger partial charge in [0, 0.05) is 0 Å². The van der Waals surface area contributed by atoms with Gasteiger partial charge in [-0.3, -0.25) is 4.79 Å². The van der Waals surface area contributed by atoms with Crippen molar-refractivity contribution in [2.45, 2.75) is 50.7 Å². The van der Waals surface area contributed by atoms with Crippen LogP contribution in [0.5, 0.6) is 5.75 Å². The lowest BCUT2D eigenvalue weighted by Crippen LogP contribution is -2.58. The van der Waals surface area contributed by atoms with Gasteiger partial charge >= 0.3 is 5.97 Å². The van der Waals surface area contributed by atoms with Crippen molar-refractivity contribution in [2.24, 2.45) is 0 Å². The van der Waals surface area contributed by atoms with Crippen molar-refractivity contribution in [3.05, 3.63) is 30.1 Å². The normalized spacial score (nSPS) is 18.3. The molecule has 0 saturated heterocycles. The monoisotopic (exact) mass is 309 g/mol. The number of rotatable bonds is 5. The molecule has 1 atom stereocenters.